The topological polar surface area (TPSA) is 43.1 Å². The van der Waals surface area contributed by atoms with Crippen LogP contribution in [0.1, 0.15) is 25.0 Å². The summed E-state index contributed by atoms with van der Waals surface area (Å²) in [5.74, 6) is 0.779. The van der Waals surface area contributed by atoms with E-state index in [2.05, 4.69) is 38.1 Å². The number of oxazole rings is 1. The van der Waals surface area contributed by atoms with Gasteiger partial charge in [-0.25, -0.2) is 4.98 Å². The summed E-state index contributed by atoms with van der Waals surface area (Å²) in [6, 6.07) is 16.4. The van der Waals surface area contributed by atoms with Gasteiger partial charge in [0.2, 0.25) is 0 Å². The maximum Gasteiger partial charge on any atom is 0.257 e. The smallest absolute Gasteiger partial charge is 0.257 e. The first-order valence-electron chi connectivity index (χ1n) is 8.96. The van der Waals surface area contributed by atoms with E-state index in [-0.39, 0.29) is 11.0 Å². The Balaban J connectivity index is 2.02. The summed E-state index contributed by atoms with van der Waals surface area (Å²) in [7, 11) is 0. The van der Waals surface area contributed by atoms with Crippen molar-refractivity contribution in [3.05, 3.63) is 71.8 Å². The van der Waals surface area contributed by atoms with Crippen LogP contribution >= 0.6 is 11.8 Å². The second-order valence-electron chi connectivity index (χ2n) is 6.55. The number of allylic oxidation sites excluding steroid dienone is 2. The summed E-state index contributed by atoms with van der Waals surface area (Å²) in [6.07, 6.45) is 3.34. The van der Waals surface area contributed by atoms with Gasteiger partial charge >= 0.3 is 0 Å². The Morgan fingerprint density at radius 1 is 1.00 bits per heavy atom. The second kappa shape index (κ2) is 8.40. The lowest BCUT2D eigenvalue weighted by Crippen LogP contribution is -2.09. The highest BCUT2D eigenvalue weighted by atomic mass is 32.2. The van der Waals surface area contributed by atoms with E-state index in [1.165, 1.54) is 22.9 Å². The van der Waals surface area contributed by atoms with Crippen molar-refractivity contribution in [2.45, 2.75) is 38.2 Å². The number of aryl methyl sites for hydroxylation is 2. The number of ketones is 1. The Labute approximate surface area is 164 Å². The van der Waals surface area contributed by atoms with Crippen LogP contribution in [-0.2, 0) is 4.79 Å². The molecule has 27 heavy (non-hydrogen) atoms. The fourth-order valence-corrected chi connectivity index (χ4v) is 3.44. The molecule has 0 aliphatic rings. The fourth-order valence-electron chi connectivity index (χ4n) is 2.67. The van der Waals surface area contributed by atoms with Crippen LogP contribution in [0.15, 0.2) is 70.3 Å². The van der Waals surface area contributed by atoms with Crippen molar-refractivity contribution >= 4 is 17.5 Å². The van der Waals surface area contributed by atoms with Gasteiger partial charge in [-0.3, -0.25) is 4.79 Å². The molecule has 4 heteroatoms. The molecule has 0 aliphatic heterocycles. The maximum absolute atomic E-state index is 12.1. The normalized spacial score (nSPS) is 12.4. The molecule has 3 aromatic rings. The lowest BCUT2D eigenvalue weighted by molar-refractivity contribution is -0.113. The number of carbonyl (C=O) groups is 1. The van der Waals surface area contributed by atoms with Crippen molar-refractivity contribution in [3.63, 3.8) is 0 Å². The summed E-state index contributed by atoms with van der Waals surface area (Å²) in [5.41, 5.74) is 5.16. The average molecular weight is 378 g/mol. The number of benzene rings is 2. The molecule has 0 bridgehead atoms. The van der Waals surface area contributed by atoms with Gasteiger partial charge in [-0.05, 0) is 33.8 Å². The lowest BCUT2D eigenvalue weighted by Gasteiger charge is -2.03. The van der Waals surface area contributed by atoms with E-state index in [1.807, 2.05) is 38.1 Å². The van der Waals surface area contributed by atoms with Gasteiger partial charge in [0.05, 0.1) is 5.25 Å². The van der Waals surface area contributed by atoms with Crippen LogP contribution in [0, 0.1) is 13.8 Å². The van der Waals surface area contributed by atoms with Crippen LogP contribution in [0.3, 0.4) is 0 Å². The van der Waals surface area contributed by atoms with E-state index in [4.69, 9.17) is 9.40 Å². The molecule has 0 N–H and O–H groups in total. The summed E-state index contributed by atoms with van der Waals surface area (Å²) in [4.78, 5) is 16.8. The molecule has 0 saturated carbocycles. The zero-order chi connectivity index (χ0) is 19.4. The summed E-state index contributed by atoms with van der Waals surface area (Å²) >= 11 is 1.34. The highest BCUT2D eigenvalue weighted by Gasteiger charge is 2.21. The molecule has 1 atom stereocenters. The summed E-state index contributed by atoms with van der Waals surface area (Å²) in [5, 5.41) is 0.253. The van der Waals surface area contributed by atoms with Gasteiger partial charge in [0.15, 0.2) is 11.5 Å². The monoisotopic (exact) mass is 377 g/mol. The Morgan fingerprint density at radius 3 is 2.11 bits per heavy atom. The number of hydrogen-bond donors (Lipinski definition) is 0. The predicted octanol–water partition coefficient (Wildman–Crippen LogP) is 6.25. The Morgan fingerprint density at radius 2 is 1.56 bits per heavy atom. The van der Waals surface area contributed by atoms with Crippen molar-refractivity contribution in [2.75, 3.05) is 0 Å². The van der Waals surface area contributed by atoms with Gasteiger partial charge in [0.25, 0.3) is 5.22 Å². The van der Waals surface area contributed by atoms with Crippen LogP contribution in [0.2, 0.25) is 0 Å². The highest BCUT2D eigenvalue weighted by Crippen LogP contribution is 2.37. The standard InChI is InChI=1S/C23H23NO2S/c1-5-6-20(25)17(4)27-23-24-21(18-11-7-15(2)8-12-18)22(26-23)19-13-9-16(3)10-14-19/h5-14,17H,1-4H3/b6-5+. The van der Waals surface area contributed by atoms with Crippen molar-refractivity contribution in [1.29, 1.82) is 0 Å². The summed E-state index contributed by atoms with van der Waals surface area (Å²) < 4.78 is 6.10. The average Bonchev–Trinajstić information content (AvgIpc) is 3.07. The number of hydrogen-bond acceptors (Lipinski definition) is 4. The third-order valence-corrected chi connectivity index (χ3v) is 5.22. The third kappa shape index (κ3) is 4.58. The van der Waals surface area contributed by atoms with Crippen LogP contribution in [-0.4, -0.2) is 16.0 Å². The van der Waals surface area contributed by atoms with Gasteiger partial charge in [-0.2, -0.15) is 0 Å². The minimum absolute atomic E-state index is 0.0504. The van der Waals surface area contributed by atoms with Crippen LogP contribution in [0.25, 0.3) is 22.6 Å². The molecule has 138 valence electrons. The largest absolute Gasteiger partial charge is 0.431 e. The molecule has 0 amide bonds. The van der Waals surface area contributed by atoms with Crippen LogP contribution in [0.4, 0.5) is 0 Å². The second-order valence-corrected chi connectivity index (χ2v) is 7.84. The lowest BCUT2D eigenvalue weighted by atomic mass is 10.0. The third-order valence-electron chi connectivity index (χ3n) is 4.26. The first kappa shape index (κ1) is 19.2. The predicted molar refractivity (Wildman–Crippen MR) is 112 cm³/mol. The molecule has 1 heterocycles. The Hall–Kier alpha value is -2.59. The van der Waals surface area contributed by atoms with E-state index in [0.717, 1.165) is 22.6 Å². The van der Waals surface area contributed by atoms with Gasteiger partial charge in [0, 0.05) is 11.1 Å². The fraction of sp³-hybridized carbons (Fsp3) is 0.217. The van der Waals surface area contributed by atoms with Crippen molar-refractivity contribution in [1.82, 2.24) is 4.98 Å². The van der Waals surface area contributed by atoms with Crippen molar-refractivity contribution < 1.29 is 9.21 Å². The quantitative estimate of drug-likeness (QED) is 0.376. The van der Waals surface area contributed by atoms with E-state index < -0.39 is 0 Å². The Kier molecular flexibility index (Phi) is 5.97. The van der Waals surface area contributed by atoms with Crippen molar-refractivity contribution in [2.24, 2.45) is 0 Å². The molecule has 1 aromatic heterocycles. The SMILES string of the molecule is C/C=C/C(=O)C(C)Sc1nc(-c2ccc(C)cc2)c(-c2ccc(C)cc2)o1. The van der Waals surface area contributed by atoms with Gasteiger partial charge in [0.1, 0.15) is 5.69 Å². The van der Waals surface area contributed by atoms with E-state index in [0.29, 0.717) is 5.22 Å². The Bertz CT molecular complexity index is 890. The molecular formula is C23H23NO2S. The first-order valence-corrected chi connectivity index (χ1v) is 9.84. The molecule has 3 nitrogen and oxygen atoms in total. The first-order chi connectivity index (χ1) is 13.0. The number of carbonyl (C=O) groups excluding carboxylic acids is 1. The number of aromatic nitrogens is 1. The molecule has 0 spiro atoms. The molecule has 0 aliphatic carbocycles. The molecular weight excluding hydrogens is 354 g/mol. The molecule has 2 aromatic carbocycles. The minimum atomic E-state index is -0.253. The van der Waals surface area contributed by atoms with E-state index in [9.17, 15) is 4.79 Å². The van der Waals surface area contributed by atoms with Crippen molar-refractivity contribution in [3.8, 4) is 22.6 Å². The zero-order valence-corrected chi connectivity index (χ0v) is 16.8. The zero-order valence-electron chi connectivity index (χ0n) is 16.0. The number of rotatable bonds is 6. The highest BCUT2D eigenvalue weighted by molar-refractivity contribution is 8.00. The van der Waals surface area contributed by atoms with Crippen LogP contribution < -0.4 is 0 Å². The van der Waals surface area contributed by atoms with E-state index >= 15 is 0 Å². The summed E-state index contributed by atoms with van der Waals surface area (Å²) in [6.45, 7) is 7.82. The minimum Gasteiger partial charge on any atom is -0.431 e. The molecule has 1 unspecified atom stereocenters. The molecule has 3 rings (SSSR count). The van der Waals surface area contributed by atoms with Gasteiger partial charge < -0.3 is 4.42 Å². The van der Waals surface area contributed by atoms with Gasteiger partial charge in [-0.15, -0.1) is 0 Å². The number of thioether (sulfide) groups is 1. The molecule has 0 radical (unpaired) electrons. The maximum atomic E-state index is 12.1. The van der Waals surface area contributed by atoms with E-state index in [1.54, 1.807) is 12.2 Å². The molecule has 0 saturated heterocycles. The molecule has 0 fully saturated rings. The van der Waals surface area contributed by atoms with Crippen LogP contribution in [0.5, 0.6) is 0 Å². The van der Waals surface area contributed by atoms with Gasteiger partial charge in [-0.1, -0.05) is 77.5 Å². The number of nitrogens with zero attached hydrogens (tertiary/aromatic N) is 1.